The molecule has 6 heteroatoms. The number of thiophene rings is 1. The molecule has 35 heavy (non-hydrogen) atoms. The highest BCUT2D eigenvalue weighted by atomic mass is 32.1. The monoisotopic (exact) mass is 482 g/mol. The fraction of sp³-hybridized carbons (Fsp3) is 0.241. The van der Waals surface area contributed by atoms with Gasteiger partial charge in [0, 0.05) is 28.5 Å². The minimum atomic E-state index is -0.598. The Morgan fingerprint density at radius 1 is 0.971 bits per heavy atom. The zero-order valence-electron chi connectivity index (χ0n) is 19.9. The Balaban J connectivity index is 1.55. The predicted octanol–water partition coefficient (Wildman–Crippen LogP) is 6.76. The minimum Gasteiger partial charge on any atom is -0.464 e. The molecule has 1 aliphatic carbocycles. The van der Waals surface area contributed by atoms with E-state index in [4.69, 9.17) is 4.42 Å². The van der Waals surface area contributed by atoms with Gasteiger partial charge in [0.15, 0.2) is 11.2 Å². The van der Waals surface area contributed by atoms with E-state index in [0.717, 1.165) is 33.8 Å². The molecule has 2 aliphatic rings. The predicted molar refractivity (Wildman–Crippen MR) is 141 cm³/mol. The van der Waals surface area contributed by atoms with E-state index < -0.39 is 6.04 Å². The van der Waals surface area contributed by atoms with Gasteiger partial charge in [0.1, 0.15) is 11.8 Å². The van der Waals surface area contributed by atoms with Crippen LogP contribution < -0.4 is 16.1 Å². The number of hydrogen-bond acceptors (Lipinski definition) is 6. The summed E-state index contributed by atoms with van der Waals surface area (Å²) in [5.41, 5.74) is 7.47. The number of anilines is 2. The summed E-state index contributed by atoms with van der Waals surface area (Å²) in [5, 5.41) is 9.72. The van der Waals surface area contributed by atoms with Gasteiger partial charge in [0.2, 0.25) is 0 Å². The van der Waals surface area contributed by atoms with Gasteiger partial charge in [-0.3, -0.25) is 9.59 Å². The molecule has 0 spiro atoms. The highest BCUT2D eigenvalue weighted by Gasteiger charge is 2.37. The molecule has 1 aliphatic heterocycles. The smallest absolute Gasteiger partial charge is 0.198 e. The number of ketones is 1. The van der Waals surface area contributed by atoms with Crippen LogP contribution in [-0.2, 0) is 4.79 Å². The molecule has 2 atom stereocenters. The second kappa shape index (κ2) is 8.24. The van der Waals surface area contributed by atoms with Crippen molar-refractivity contribution in [1.82, 2.24) is 0 Å². The maximum absolute atomic E-state index is 13.7. The van der Waals surface area contributed by atoms with Gasteiger partial charge < -0.3 is 15.1 Å². The number of benzene rings is 2. The summed E-state index contributed by atoms with van der Waals surface area (Å²) in [6.45, 7) is 6.10. The first-order valence-electron chi connectivity index (χ1n) is 11.9. The van der Waals surface area contributed by atoms with E-state index in [1.807, 2.05) is 31.2 Å². The molecule has 4 aromatic rings. The zero-order valence-corrected chi connectivity index (χ0v) is 20.7. The fourth-order valence-electron chi connectivity index (χ4n) is 5.23. The molecule has 2 aromatic heterocycles. The Kier molecular flexibility index (Phi) is 5.15. The third kappa shape index (κ3) is 3.69. The maximum Gasteiger partial charge on any atom is 0.198 e. The first kappa shape index (κ1) is 21.9. The SMILES string of the molecule is Cc1ccc2occ(C3Nc4cc(C)c(C)cc4NC4=C3C(=O)CC(c3cccs3)C4)c(=O)c2c1. The molecular weight excluding hydrogens is 456 g/mol. The van der Waals surface area contributed by atoms with Gasteiger partial charge in [-0.2, -0.15) is 0 Å². The summed E-state index contributed by atoms with van der Waals surface area (Å²) in [5.74, 6) is 0.179. The van der Waals surface area contributed by atoms with Crippen molar-refractivity contribution in [1.29, 1.82) is 0 Å². The molecular formula is C29H26N2O3S. The highest BCUT2D eigenvalue weighted by Crippen LogP contribution is 2.45. The van der Waals surface area contributed by atoms with Gasteiger partial charge >= 0.3 is 0 Å². The third-order valence-electron chi connectivity index (χ3n) is 7.23. The van der Waals surface area contributed by atoms with Gasteiger partial charge in [-0.15, -0.1) is 11.3 Å². The van der Waals surface area contributed by atoms with Crippen LogP contribution in [0.4, 0.5) is 11.4 Å². The maximum atomic E-state index is 13.7. The molecule has 0 bridgehead atoms. The van der Waals surface area contributed by atoms with E-state index in [1.54, 1.807) is 11.3 Å². The van der Waals surface area contributed by atoms with Crippen LogP contribution in [0.5, 0.6) is 0 Å². The number of allylic oxidation sites excluding steroid dienone is 1. The van der Waals surface area contributed by atoms with E-state index in [1.165, 1.54) is 11.1 Å². The minimum absolute atomic E-state index is 0.0552. The lowest BCUT2D eigenvalue weighted by atomic mass is 9.81. The van der Waals surface area contributed by atoms with E-state index in [0.29, 0.717) is 34.9 Å². The van der Waals surface area contributed by atoms with Gasteiger partial charge in [-0.1, -0.05) is 17.7 Å². The topological polar surface area (TPSA) is 71.3 Å². The van der Waals surface area contributed by atoms with Crippen molar-refractivity contribution in [3.05, 3.63) is 103 Å². The van der Waals surface area contributed by atoms with Crippen LogP contribution in [0.3, 0.4) is 0 Å². The van der Waals surface area contributed by atoms with Crippen LogP contribution in [0.25, 0.3) is 11.0 Å². The summed E-state index contributed by atoms with van der Waals surface area (Å²) in [6, 6.07) is 13.3. The summed E-state index contributed by atoms with van der Waals surface area (Å²) in [7, 11) is 0. The van der Waals surface area contributed by atoms with Gasteiger partial charge in [0.25, 0.3) is 0 Å². The summed E-state index contributed by atoms with van der Waals surface area (Å²) >= 11 is 1.69. The summed E-state index contributed by atoms with van der Waals surface area (Å²) in [4.78, 5) is 28.6. The quantitative estimate of drug-likeness (QED) is 0.330. The molecule has 0 saturated carbocycles. The van der Waals surface area contributed by atoms with Gasteiger partial charge in [-0.25, -0.2) is 0 Å². The number of aryl methyl sites for hydroxylation is 3. The van der Waals surface area contributed by atoms with Crippen molar-refractivity contribution >= 4 is 39.5 Å². The summed E-state index contributed by atoms with van der Waals surface area (Å²) in [6.07, 6.45) is 2.66. The van der Waals surface area contributed by atoms with E-state index >= 15 is 0 Å². The number of Topliss-reactive ketones (excluding diaryl/α,β-unsaturated/α-hetero) is 1. The van der Waals surface area contributed by atoms with E-state index in [9.17, 15) is 9.59 Å². The second-order valence-electron chi connectivity index (χ2n) is 9.64. The molecule has 176 valence electrons. The van der Waals surface area contributed by atoms with Crippen molar-refractivity contribution < 1.29 is 9.21 Å². The normalized spacial score (nSPS) is 19.6. The Morgan fingerprint density at radius 3 is 2.54 bits per heavy atom. The highest BCUT2D eigenvalue weighted by molar-refractivity contribution is 7.10. The number of hydrogen-bond donors (Lipinski definition) is 2. The Hall–Kier alpha value is -3.64. The Morgan fingerprint density at radius 2 is 1.77 bits per heavy atom. The van der Waals surface area contributed by atoms with Crippen molar-refractivity contribution in [2.24, 2.45) is 0 Å². The number of fused-ring (bicyclic) bond motifs is 2. The standard InChI is InChI=1S/C29H26N2O3S/c1-15-6-7-25-19(9-15)29(33)20(14-34-25)28-27-23(12-18(13-24(27)32)26-5-4-8-35-26)30-21-10-16(2)17(3)11-22(21)31-28/h4-11,14,18,28,30-31H,12-13H2,1-3H3. The molecule has 0 radical (unpaired) electrons. The molecule has 2 N–H and O–H groups in total. The van der Waals surface area contributed by atoms with Crippen LogP contribution >= 0.6 is 11.3 Å². The molecule has 2 unspecified atom stereocenters. The third-order valence-corrected chi connectivity index (χ3v) is 8.26. The van der Waals surface area contributed by atoms with Crippen molar-refractivity contribution in [2.45, 2.75) is 45.6 Å². The number of carbonyl (C=O) groups excluding carboxylic acids is 1. The van der Waals surface area contributed by atoms with Gasteiger partial charge in [0.05, 0.1) is 28.4 Å². The first-order chi connectivity index (χ1) is 16.9. The van der Waals surface area contributed by atoms with Gasteiger partial charge in [-0.05, 0) is 74.0 Å². The molecule has 5 nitrogen and oxygen atoms in total. The average Bonchev–Trinajstić information content (AvgIpc) is 3.32. The van der Waals surface area contributed by atoms with Crippen LogP contribution in [0.1, 0.15) is 51.9 Å². The van der Waals surface area contributed by atoms with Crippen LogP contribution in [0, 0.1) is 20.8 Å². The number of nitrogens with one attached hydrogen (secondary N) is 2. The van der Waals surface area contributed by atoms with E-state index in [2.05, 4.69) is 48.1 Å². The average molecular weight is 483 g/mol. The zero-order chi connectivity index (χ0) is 24.3. The van der Waals surface area contributed by atoms with Crippen LogP contribution in [0.2, 0.25) is 0 Å². The second-order valence-corrected chi connectivity index (χ2v) is 10.6. The lowest BCUT2D eigenvalue weighted by molar-refractivity contribution is -0.116. The van der Waals surface area contributed by atoms with Crippen LogP contribution in [0.15, 0.2) is 74.6 Å². The number of rotatable bonds is 2. The molecule has 6 rings (SSSR count). The molecule has 0 amide bonds. The molecule has 0 fully saturated rings. The first-order valence-corrected chi connectivity index (χ1v) is 12.7. The van der Waals surface area contributed by atoms with Crippen molar-refractivity contribution in [3.8, 4) is 0 Å². The summed E-state index contributed by atoms with van der Waals surface area (Å²) < 4.78 is 5.91. The molecule has 2 aromatic carbocycles. The largest absolute Gasteiger partial charge is 0.464 e. The fourth-order valence-corrected chi connectivity index (χ4v) is 6.06. The molecule has 3 heterocycles. The lowest BCUT2D eigenvalue weighted by Crippen LogP contribution is -2.29. The van der Waals surface area contributed by atoms with Crippen LogP contribution in [-0.4, -0.2) is 5.78 Å². The van der Waals surface area contributed by atoms with Crippen molar-refractivity contribution in [2.75, 3.05) is 10.6 Å². The van der Waals surface area contributed by atoms with E-state index in [-0.39, 0.29) is 17.1 Å². The Bertz CT molecular complexity index is 1580. The lowest BCUT2D eigenvalue weighted by Gasteiger charge is -2.28. The number of carbonyl (C=O) groups is 1. The Labute approximate surface area is 207 Å². The van der Waals surface area contributed by atoms with Crippen molar-refractivity contribution in [3.63, 3.8) is 0 Å². The molecule has 0 saturated heterocycles.